The average molecular weight is 268 g/mol. The van der Waals surface area contributed by atoms with Crippen LogP contribution in [0.15, 0.2) is 40.8 Å². The zero-order valence-corrected chi connectivity index (χ0v) is 9.94. The molecule has 0 amide bonds. The Kier molecular flexibility index (Phi) is 3.55. The van der Waals surface area contributed by atoms with Gasteiger partial charge in [-0.2, -0.15) is 0 Å². The van der Waals surface area contributed by atoms with Crippen molar-refractivity contribution in [3.05, 3.63) is 41.4 Å². The number of rotatable bonds is 3. The van der Waals surface area contributed by atoms with Crippen LogP contribution in [-0.4, -0.2) is 26.0 Å². The van der Waals surface area contributed by atoms with Gasteiger partial charge in [-0.15, -0.1) is 0 Å². The van der Waals surface area contributed by atoms with Crippen LogP contribution >= 0.6 is 23.4 Å². The molecule has 0 saturated heterocycles. The standard InChI is InChI=1S/C10H6ClN3O2S/c11-6-2-1-3-13-9(6)17-8-5-12-4-7(14-8)10(15)16/h1-5H,(H,15,16). The third kappa shape index (κ3) is 2.92. The molecule has 2 rings (SSSR count). The van der Waals surface area contributed by atoms with Gasteiger partial charge in [-0.05, 0) is 23.9 Å². The number of carboxylic acid groups (broad SMARTS) is 1. The number of aromatic nitrogens is 3. The van der Waals surface area contributed by atoms with Crippen LogP contribution in [0.4, 0.5) is 0 Å². The molecule has 0 aliphatic heterocycles. The number of halogens is 1. The Balaban J connectivity index is 2.28. The highest BCUT2D eigenvalue weighted by Gasteiger charge is 2.09. The van der Waals surface area contributed by atoms with Crippen LogP contribution in [0.1, 0.15) is 10.5 Å². The molecule has 0 saturated carbocycles. The number of pyridine rings is 1. The minimum Gasteiger partial charge on any atom is -0.476 e. The first-order chi connectivity index (χ1) is 8.16. The number of nitrogens with zero attached hydrogens (tertiary/aromatic N) is 3. The summed E-state index contributed by atoms with van der Waals surface area (Å²) in [6.45, 7) is 0. The first-order valence-electron chi connectivity index (χ1n) is 4.50. The highest BCUT2D eigenvalue weighted by atomic mass is 35.5. The summed E-state index contributed by atoms with van der Waals surface area (Å²) < 4.78 is 0. The fourth-order valence-electron chi connectivity index (χ4n) is 1.05. The van der Waals surface area contributed by atoms with Crippen LogP contribution in [0.25, 0.3) is 0 Å². The van der Waals surface area contributed by atoms with E-state index < -0.39 is 5.97 Å². The summed E-state index contributed by atoms with van der Waals surface area (Å²) in [6, 6.07) is 3.41. The molecule has 7 heteroatoms. The zero-order chi connectivity index (χ0) is 12.3. The number of carboxylic acids is 1. The molecule has 0 aliphatic carbocycles. The molecule has 86 valence electrons. The molecular weight excluding hydrogens is 262 g/mol. The van der Waals surface area contributed by atoms with E-state index in [0.717, 1.165) is 0 Å². The summed E-state index contributed by atoms with van der Waals surface area (Å²) in [6.07, 6.45) is 4.25. The van der Waals surface area contributed by atoms with Crippen LogP contribution in [0.5, 0.6) is 0 Å². The Bertz CT molecular complexity index is 565. The topological polar surface area (TPSA) is 76.0 Å². The summed E-state index contributed by atoms with van der Waals surface area (Å²) >= 11 is 7.09. The van der Waals surface area contributed by atoms with E-state index in [0.29, 0.717) is 15.1 Å². The molecule has 5 nitrogen and oxygen atoms in total. The van der Waals surface area contributed by atoms with Crippen molar-refractivity contribution < 1.29 is 9.90 Å². The van der Waals surface area contributed by atoms with Crippen LogP contribution < -0.4 is 0 Å². The summed E-state index contributed by atoms with van der Waals surface area (Å²) in [5, 5.41) is 10.3. The minimum absolute atomic E-state index is 0.109. The lowest BCUT2D eigenvalue weighted by atomic mass is 10.5. The van der Waals surface area contributed by atoms with Gasteiger partial charge in [0.05, 0.1) is 17.4 Å². The van der Waals surface area contributed by atoms with E-state index in [9.17, 15) is 4.79 Å². The Morgan fingerprint density at radius 1 is 1.41 bits per heavy atom. The SMILES string of the molecule is O=C(O)c1cncc(Sc2ncccc2Cl)n1. The summed E-state index contributed by atoms with van der Waals surface area (Å²) in [5.74, 6) is -1.12. The maximum atomic E-state index is 10.7. The van der Waals surface area contributed by atoms with Crippen LogP contribution in [0.3, 0.4) is 0 Å². The van der Waals surface area contributed by atoms with Crippen molar-refractivity contribution >= 4 is 29.3 Å². The van der Waals surface area contributed by atoms with Gasteiger partial charge < -0.3 is 5.11 Å². The van der Waals surface area contributed by atoms with Gasteiger partial charge in [-0.25, -0.2) is 14.8 Å². The molecular formula is C10H6ClN3O2S. The molecule has 0 unspecified atom stereocenters. The highest BCUT2D eigenvalue weighted by Crippen LogP contribution is 2.29. The predicted octanol–water partition coefficient (Wildman–Crippen LogP) is 2.37. The molecule has 0 spiro atoms. The second-order valence-corrected chi connectivity index (χ2v) is 4.36. The monoisotopic (exact) mass is 267 g/mol. The van der Waals surface area contributed by atoms with Gasteiger partial charge >= 0.3 is 5.97 Å². The molecule has 2 aromatic rings. The maximum Gasteiger partial charge on any atom is 0.356 e. The van der Waals surface area contributed by atoms with Crippen molar-refractivity contribution in [2.24, 2.45) is 0 Å². The van der Waals surface area contributed by atoms with Crippen LogP contribution in [0, 0.1) is 0 Å². The summed E-state index contributed by atoms with van der Waals surface area (Å²) in [7, 11) is 0. The Hall–Kier alpha value is -1.66. The first kappa shape index (κ1) is 11.8. The molecule has 0 bridgehead atoms. The van der Waals surface area contributed by atoms with Crippen molar-refractivity contribution in [1.29, 1.82) is 0 Å². The molecule has 0 aliphatic rings. The van der Waals surface area contributed by atoms with Gasteiger partial charge in [0.15, 0.2) is 5.69 Å². The lowest BCUT2D eigenvalue weighted by Crippen LogP contribution is -2.01. The van der Waals surface area contributed by atoms with E-state index in [1.165, 1.54) is 24.2 Å². The fourth-order valence-corrected chi connectivity index (χ4v) is 2.02. The number of hydrogen-bond donors (Lipinski definition) is 1. The zero-order valence-electron chi connectivity index (χ0n) is 8.37. The number of carbonyl (C=O) groups is 1. The second kappa shape index (κ2) is 5.11. The molecule has 0 fully saturated rings. The molecule has 0 aromatic carbocycles. The number of hydrogen-bond acceptors (Lipinski definition) is 5. The smallest absolute Gasteiger partial charge is 0.356 e. The predicted molar refractivity (Wildman–Crippen MR) is 62.4 cm³/mol. The van der Waals surface area contributed by atoms with Crippen molar-refractivity contribution in [3.8, 4) is 0 Å². The third-order valence-electron chi connectivity index (χ3n) is 1.76. The van der Waals surface area contributed by atoms with Gasteiger partial charge in [0.1, 0.15) is 10.1 Å². The van der Waals surface area contributed by atoms with E-state index in [1.807, 2.05) is 0 Å². The second-order valence-electron chi connectivity index (χ2n) is 2.94. The van der Waals surface area contributed by atoms with E-state index >= 15 is 0 Å². The molecule has 17 heavy (non-hydrogen) atoms. The molecule has 0 radical (unpaired) electrons. The number of aromatic carboxylic acids is 1. The van der Waals surface area contributed by atoms with E-state index in [1.54, 1.807) is 18.3 Å². The normalized spacial score (nSPS) is 10.2. The summed E-state index contributed by atoms with van der Waals surface area (Å²) in [4.78, 5) is 22.5. The largest absolute Gasteiger partial charge is 0.476 e. The van der Waals surface area contributed by atoms with Gasteiger partial charge in [-0.3, -0.25) is 4.98 Å². The maximum absolute atomic E-state index is 10.7. The van der Waals surface area contributed by atoms with Crippen LogP contribution in [-0.2, 0) is 0 Å². The average Bonchev–Trinajstić information content (AvgIpc) is 2.32. The lowest BCUT2D eigenvalue weighted by Gasteiger charge is -2.02. The van der Waals surface area contributed by atoms with Crippen LogP contribution in [0.2, 0.25) is 5.02 Å². The van der Waals surface area contributed by atoms with Gasteiger partial charge in [0.25, 0.3) is 0 Å². The Labute approximate surface area is 106 Å². The van der Waals surface area contributed by atoms with E-state index in [2.05, 4.69) is 15.0 Å². The van der Waals surface area contributed by atoms with Gasteiger partial charge in [0, 0.05) is 6.20 Å². The Morgan fingerprint density at radius 3 is 2.94 bits per heavy atom. The molecule has 1 N–H and O–H groups in total. The quantitative estimate of drug-likeness (QED) is 0.920. The summed E-state index contributed by atoms with van der Waals surface area (Å²) in [5.41, 5.74) is -0.109. The molecule has 2 heterocycles. The van der Waals surface area contributed by atoms with E-state index in [-0.39, 0.29) is 5.69 Å². The van der Waals surface area contributed by atoms with Gasteiger partial charge in [-0.1, -0.05) is 11.6 Å². The van der Waals surface area contributed by atoms with Crippen molar-refractivity contribution in [1.82, 2.24) is 15.0 Å². The highest BCUT2D eigenvalue weighted by molar-refractivity contribution is 7.99. The van der Waals surface area contributed by atoms with Gasteiger partial charge in [0.2, 0.25) is 0 Å². The fraction of sp³-hybridized carbons (Fsp3) is 0. The first-order valence-corrected chi connectivity index (χ1v) is 5.70. The third-order valence-corrected chi connectivity index (χ3v) is 3.10. The lowest BCUT2D eigenvalue weighted by molar-refractivity contribution is 0.0689. The van der Waals surface area contributed by atoms with E-state index in [4.69, 9.17) is 16.7 Å². The van der Waals surface area contributed by atoms with Crippen molar-refractivity contribution in [2.75, 3.05) is 0 Å². The molecule has 0 atom stereocenters. The van der Waals surface area contributed by atoms with Crippen molar-refractivity contribution in [2.45, 2.75) is 10.1 Å². The minimum atomic E-state index is -1.12. The molecule has 2 aromatic heterocycles. The van der Waals surface area contributed by atoms with Crippen molar-refractivity contribution in [3.63, 3.8) is 0 Å². The Morgan fingerprint density at radius 2 is 2.24 bits per heavy atom.